The predicted octanol–water partition coefficient (Wildman–Crippen LogP) is 1.95. The first-order valence-electron chi connectivity index (χ1n) is 7.99. The van der Waals surface area contributed by atoms with Gasteiger partial charge in [0.05, 0.1) is 27.1 Å². The monoisotopic (exact) mass is 373 g/mol. The van der Waals surface area contributed by atoms with Gasteiger partial charge in [-0.2, -0.15) is 0 Å². The maximum atomic E-state index is 11.5. The Morgan fingerprint density at radius 2 is 1.75 bits per heavy atom. The van der Waals surface area contributed by atoms with Crippen molar-refractivity contribution in [1.82, 2.24) is 4.90 Å². The van der Waals surface area contributed by atoms with Gasteiger partial charge < -0.3 is 4.90 Å². The van der Waals surface area contributed by atoms with Gasteiger partial charge >= 0.3 is 0 Å². The Hall–Kier alpha value is -1.38. The fourth-order valence-corrected chi connectivity index (χ4v) is 4.95. The van der Waals surface area contributed by atoms with Crippen molar-refractivity contribution in [2.45, 2.75) is 18.9 Å². The molecule has 2 aliphatic rings. The van der Waals surface area contributed by atoms with Crippen molar-refractivity contribution < 1.29 is 13.3 Å². The van der Waals surface area contributed by atoms with Crippen LogP contribution < -0.4 is 4.90 Å². The fraction of sp³-hybridized carbons (Fsp3) is 0.600. The highest BCUT2D eigenvalue weighted by Gasteiger charge is 2.30. The van der Waals surface area contributed by atoms with Crippen LogP contribution >= 0.6 is 11.6 Å². The van der Waals surface area contributed by atoms with Gasteiger partial charge in [-0.25, -0.2) is 8.42 Å². The number of halogens is 1. The number of hydrogen-bond acceptors (Lipinski definition) is 6. The van der Waals surface area contributed by atoms with Crippen molar-refractivity contribution in [1.29, 1.82) is 0 Å². The molecule has 2 aliphatic heterocycles. The lowest BCUT2D eigenvalue weighted by molar-refractivity contribution is -0.384. The summed E-state index contributed by atoms with van der Waals surface area (Å²) < 4.78 is 23.1. The Bertz CT molecular complexity index is 718. The predicted molar refractivity (Wildman–Crippen MR) is 93.6 cm³/mol. The van der Waals surface area contributed by atoms with Gasteiger partial charge in [0.1, 0.15) is 0 Å². The molecular formula is C15H20ClN3O4S. The van der Waals surface area contributed by atoms with Crippen LogP contribution in [0.2, 0.25) is 5.02 Å². The van der Waals surface area contributed by atoms with Crippen LogP contribution in [0.3, 0.4) is 0 Å². The maximum absolute atomic E-state index is 11.5. The minimum atomic E-state index is -2.85. The van der Waals surface area contributed by atoms with Crippen LogP contribution in [0.25, 0.3) is 0 Å². The molecule has 2 saturated heterocycles. The minimum absolute atomic E-state index is 0.00633. The summed E-state index contributed by atoms with van der Waals surface area (Å²) in [5.41, 5.74) is 0.815. The number of nitro benzene ring substituents is 1. The molecular weight excluding hydrogens is 354 g/mol. The van der Waals surface area contributed by atoms with Crippen LogP contribution in [0.15, 0.2) is 18.2 Å². The molecule has 0 amide bonds. The van der Waals surface area contributed by atoms with Crippen LogP contribution in [0.1, 0.15) is 12.8 Å². The molecule has 0 radical (unpaired) electrons. The third kappa shape index (κ3) is 3.81. The number of sulfone groups is 1. The summed E-state index contributed by atoms with van der Waals surface area (Å²) in [6, 6.07) is 4.96. The van der Waals surface area contributed by atoms with Crippen molar-refractivity contribution in [3.63, 3.8) is 0 Å². The van der Waals surface area contributed by atoms with E-state index < -0.39 is 14.8 Å². The maximum Gasteiger partial charge on any atom is 0.271 e. The highest BCUT2D eigenvalue weighted by Crippen LogP contribution is 2.32. The van der Waals surface area contributed by atoms with E-state index in [4.69, 9.17) is 11.6 Å². The van der Waals surface area contributed by atoms with E-state index in [2.05, 4.69) is 9.80 Å². The zero-order valence-corrected chi connectivity index (χ0v) is 14.8. The van der Waals surface area contributed by atoms with Gasteiger partial charge in [-0.05, 0) is 18.9 Å². The number of benzene rings is 1. The summed E-state index contributed by atoms with van der Waals surface area (Å²) in [5.74, 6) is 0.503. The second-order valence-electron chi connectivity index (χ2n) is 6.30. The smallest absolute Gasteiger partial charge is 0.271 e. The second kappa shape index (κ2) is 6.85. The highest BCUT2D eigenvalue weighted by molar-refractivity contribution is 7.91. The van der Waals surface area contributed by atoms with Crippen molar-refractivity contribution >= 4 is 32.8 Å². The van der Waals surface area contributed by atoms with E-state index in [0.29, 0.717) is 24.2 Å². The van der Waals surface area contributed by atoms with Crippen LogP contribution in [-0.4, -0.2) is 62.0 Å². The quantitative estimate of drug-likeness (QED) is 0.594. The minimum Gasteiger partial charge on any atom is -0.370 e. The lowest BCUT2D eigenvalue weighted by Gasteiger charge is -2.41. The van der Waals surface area contributed by atoms with E-state index in [0.717, 1.165) is 31.6 Å². The summed E-state index contributed by atoms with van der Waals surface area (Å²) in [5, 5.41) is 11.2. The molecule has 2 fully saturated rings. The van der Waals surface area contributed by atoms with Gasteiger partial charge in [0.2, 0.25) is 0 Å². The lowest BCUT2D eigenvalue weighted by atomic mass is 10.0. The van der Waals surface area contributed by atoms with Crippen LogP contribution in [0, 0.1) is 10.1 Å². The van der Waals surface area contributed by atoms with Crippen LogP contribution in [-0.2, 0) is 9.84 Å². The molecule has 0 spiro atoms. The number of rotatable bonds is 3. The molecule has 0 bridgehead atoms. The zero-order chi connectivity index (χ0) is 17.3. The average molecular weight is 374 g/mol. The molecule has 0 N–H and O–H groups in total. The molecule has 1 aromatic rings. The number of non-ortho nitro benzene ring substituents is 1. The third-order valence-corrected chi connectivity index (χ3v) is 6.75. The first-order valence-corrected chi connectivity index (χ1v) is 10.2. The highest BCUT2D eigenvalue weighted by atomic mass is 35.5. The Balaban J connectivity index is 1.60. The van der Waals surface area contributed by atoms with E-state index in [9.17, 15) is 18.5 Å². The molecule has 0 aliphatic carbocycles. The Labute approximate surface area is 146 Å². The molecule has 0 saturated carbocycles. The molecule has 3 rings (SSSR count). The van der Waals surface area contributed by atoms with E-state index in [1.165, 1.54) is 12.1 Å². The van der Waals surface area contributed by atoms with Gasteiger partial charge in [-0.15, -0.1) is 0 Å². The number of hydrogen-bond donors (Lipinski definition) is 0. The van der Waals surface area contributed by atoms with E-state index in [1.807, 2.05) is 0 Å². The van der Waals surface area contributed by atoms with Gasteiger partial charge in [0, 0.05) is 44.4 Å². The second-order valence-corrected chi connectivity index (χ2v) is 9.01. The third-order valence-electron chi connectivity index (χ3n) is 4.84. The van der Waals surface area contributed by atoms with E-state index in [-0.39, 0.29) is 17.2 Å². The topological polar surface area (TPSA) is 83.8 Å². The van der Waals surface area contributed by atoms with Gasteiger partial charge in [0.15, 0.2) is 9.84 Å². The summed E-state index contributed by atoms with van der Waals surface area (Å²) in [6.45, 7) is 2.85. The van der Waals surface area contributed by atoms with Gasteiger partial charge in [-0.1, -0.05) is 11.6 Å². The molecule has 2 heterocycles. The lowest BCUT2D eigenvalue weighted by Crippen LogP contribution is -2.50. The van der Waals surface area contributed by atoms with Gasteiger partial charge in [-0.3, -0.25) is 15.0 Å². The van der Waals surface area contributed by atoms with Crippen molar-refractivity contribution in [2.24, 2.45) is 0 Å². The molecule has 132 valence electrons. The van der Waals surface area contributed by atoms with Crippen LogP contribution in [0.5, 0.6) is 0 Å². The molecule has 7 nitrogen and oxygen atoms in total. The summed E-state index contributed by atoms with van der Waals surface area (Å²) in [6.07, 6.45) is 1.88. The molecule has 1 aromatic carbocycles. The van der Waals surface area contributed by atoms with Gasteiger partial charge in [0.25, 0.3) is 5.69 Å². The van der Waals surface area contributed by atoms with E-state index >= 15 is 0 Å². The summed E-state index contributed by atoms with van der Waals surface area (Å²) in [7, 11) is -2.85. The number of nitro groups is 1. The largest absolute Gasteiger partial charge is 0.370 e. The van der Waals surface area contributed by atoms with Crippen molar-refractivity contribution in [3.05, 3.63) is 33.3 Å². The average Bonchev–Trinajstić information content (AvgIpc) is 2.55. The fourth-order valence-electron chi connectivity index (χ4n) is 3.43. The first-order chi connectivity index (χ1) is 11.4. The normalized spacial score (nSPS) is 22.5. The zero-order valence-electron chi connectivity index (χ0n) is 13.2. The first kappa shape index (κ1) is 17.4. The standard InChI is InChI=1S/C15H20ClN3O4S/c16-14-11-13(19(20)21)1-2-15(14)18-5-3-12(4-6-18)17-7-9-24(22,23)10-8-17/h1-2,11-12H,3-10H2. The van der Waals surface area contributed by atoms with Crippen LogP contribution in [0.4, 0.5) is 11.4 Å². The number of piperidine rings is 1. The molecule has 0 atom stereocenters. The number of nitrogens with zero attached hydrogens (tertiary/aromatic N) is 3. The molecule has 24 heavy (non-hydrogen) atoms. The molecule has 0 unspecified atom stereocenters. The van der Waals surface area contributed by atoms with E-state index in [1.54, 1.807) is 6.07 Å². The summed E-state index contributed by atoms with van der Waals surface area (Å²) in [4.78, 5) is 14.8. The number of anilines is 1. The summed E-state index contributed by atoms with van der Waals surface area (Å²) >= 11 is 6.20. The molecule has 0 aromatic heterocycles. The van der Waals surface area contributed by atoms with Crippen molar-refractivity contribution in [2.75, 3.05) is 42.6 Å². The Kier molecular flexibility index (Phi) is 4.98. The Morgan fingerprint density at radius 1 is 1.12 bits per heavy atom. The molecule has 9 heteroatoms. The van der Waals surface area contributed by atoms with Crippen molar-refractivity contribution in [3.8, 4) is 0 Å². The SMILES string of the molecule is O=[N+]([O-])c1ccc(N2CCC(N3CCS(=O)(=O)CC3)CC2)c(Cl)c1. The Morgan fingerprint density at radius 3 is 2.29 bits per heavy atom.